The third kappa shape index (κ3) is 3.37. The van der Waals surface area contributed by atoms with E-state index in [-0.39, 0.29) is 17.6 Å². The number of nitrogens with zero attached hydrogens (tertiary/aromatic N) is 5. The van der Waals surface area contributed by atoms with Gasteiger partial charge in [-0.1, -0.05) is 31.0 Å². The molecule has 0 spiro atoms. The summed E-state index contributed by atoms with van der Waals surface area (Å²) in [6, 6.07) is 15.9. The summed E-state index contributed by atoms with van der Waals surface area (Å²) in [6.45, 7) is 0.803. The minimum Gasteiger partial charge on any atom is -0.497 e. The Morgan fingerprint density at radius 3 is 2.82 bits per heavy atom. The molecule has 0 saturated heterocycles. The van der Waals surface area contributed by atoms with E-state index < -0.39 is 0 Å². The Kier molecular flexibility index (Phi) is 4.86. The number of rotatable bonds is 5. The van der Waals surface area contributed by atoms with Crippen molar-refractivity contribution in [2.75, 3.05) is 18.6 Å². The van der Waals surface area contributed by atoms with Crippen LogP contribution in [-0.2, 0) is 6.42 Å². The summed E-state index contributed by atoms with van der Waals surface area (Å²) in [5, 5.41) is 13.9. The molecular weight excluding hydrogens is 416 g/mol. The van der Waals surface area contributed by atoms with Gasteiger partial charge in [0.2, 0.25) is 0 Å². The minimum absolute atomic E-state index is 0.122. The Hall–Kier alpha value is -3.68. The van der Waals surface area contributed by atoms with Crippen LogP contribution in [0, 0.1) is 0 Å². The minimum atomic E-state index is -0.386. The average molecular weight is 443 g/mol. The normalized spacial score (nSPS) is 16.9. The Bertz CT molecular complexity index is 1370. The number of ether oxygens (including phenoxy) is 1. The fourth-order valence-corrected chi connectivity index (χ4v) is 5.40. The molecule has 1 saturated carbocycles. The summed E-state index contributed by atoms with van der Waals surface area (Å²) >= 11 is 0. The summed E-state index contributed by atoms with van der Waals surface area (Å²) in [4.78, 5) is 18.8. The highest BCUT2D eigenvalue weighted by Gasteiger charge is 2.36. The number of fused-ring (bicyclic) bond motifs is 2. The van der Waals surface area contributed by atoms with E-state index in [1.165, 1.54) is 18.4 Å². The molecule has 0 radical (unpaired) electrons. The van der Waals surface area contributed by atoms with Crippen molar-refractivity contribution in [3.05, 3.63) is 75.8 Å². The number of H-pyrrole nitrogens is 1. The molecule has 0 amide bonds. The first-order valence-electron chi connectivity index (χ1n) is 11.6. The van der Waals surface area contributed by atoms with Crippen LogP contribution in [0.15, 0.2) is 53.3 Å². The van der Waals surface area contributed by atoms with Crippen molar-refractivity contribution >= 4 is 16.6 Å². The summed E-state index contributed by atoms with van der Waals surface area (Å²) < 4.78 is 7.39. The molecule has 2 aliphatic rings. The van der Waals surface area contributed by atoms with Crippen molar-refractivity contribution < 1.29 is 4.74 Å². The Morgan fingerprint density at radius 1 is 1.12 bits per heavy atom. The van der Waals surface area contributed by atoms with Crippen molar-refractivity contribution in [3.63, 3.8) is 0 Å². The third-order valence-corrected chi connectivity index (χ3v) is 7.04. The molecule has 8 nitrogen and oxygen atoms in total. The average Bonchev–Trinajstić information content (AvgIpc) is 3.60. The van der Waals surface area contributed by atoms with Crippen LogP contribution in [0.25, 0.3) is 10.9 Å². The van der Waals surface area contributed by atoms with Crippen molar-refractivity contribution in [1.82, 2.24) is 25.2 Å². The number of tetrazole rings is 1. The first-order valence-corrected chi connectivity index (χ1v) is 11.6. The number of anilines is 1. The van der Waals surface area contributed by atoms with Gasteiger partial charge in [0.25, 0.3) is 5.56 Å². The second-order valence-corrected chi connectivity index (χ2v) is 8.90. The van der Waals surface area contributed by atoms with E-state index in [1.807, 2.05) is 35.0 Å². The van der Waals surface area contributed by atoms with Crippen LogP contribution in [0.5, 0.6) is 5.75 Å². The van der Waals surface area contributed by atoms with Gasteiger partial charge in [-0.25, -0.2) is 4.68 Å². The van der Waals surface area contributed by atoms with Gasteiger partial charge in [0.15, 0.2) is 5.82 Å². The van der Waals surface area contributed by atoms with Crippen molar-refractivity contribution in [2.24, 2.45) is 0 Å². The predicted molar refractivity (Wildman–Crippen MR) is 126 cm³/mol. The molecule has 4 aromatic rings. The van der Waals surface area contributed by atoms with E-state index in [0.717, 1.165) is 54.0 Å². The predicted octanol–water partition coefficient (Wildman–Crippen LogP) is 3.79. The fraction of sp³-hybridized carbons (Fsp3) is 0.360. The first kappa shape index (κ1) is 20.0. The lowest BCUT2D eigenvalue weighted by molar-refractivity contribution is 0.415. The lowest BCUT2D eigenvalue weighted by atomic mass is 10.0. The maximum Gasteiger partial charge on any atom is 0.254 e. The second-order valence-electron chi connectivity index (χ2n) is 8.90. The number of hydrogen-bond donors (Lipinski definition) is 1. The molecule has 1 aliphatic heterocycles. The monoisotopic (exact) mass is 442 g/mol. The molecule has 168 valence electrons. The maximum atomic E-state index is 13.4. The van der Waals surface area contributed by atoms with Gasteiger partial charge in [-0.2, -0.15) is 0 Å². The quantitative estimate of drug-likeness (QED) is 0.506. The van der Waals surface area contributed by atoms with Gasteiger partial charge in [0.1, 0.15) is 11.8 Å². The largest absolute Gasteiger partial charge is 0.497 e. The van der Waals surface area contributed by atoms with Crippen molar-refractivity contribution in [2.45, 2.75) is 44.2 Å². The van der Waals surface area contributed by atoms with E-state index in [0.29, 0.717) is 5.56 Å². The number of methoxy groups -OCH3 is 1. The summed E-state index contributed by atoms with van der Waals surface area (Å²) in [6.07, 6.45) is 5.41. The number of nitrogens with one attached hydrogen (secondary N) is 1. The molecule has 1 N–H and O–H groups in total. The molecule has 33 heavy (non-hydrogen) atoms. The molecule has 3 heterocycles. The number of para-hydroxylation sites is 1. The fourth-order valence-electron chi connectivity index (χ4n) is 5.40. The standard InChI is InChI=1S/C25H26N6O2/c1-33-19-10-11-21-17(14-19)15-20(25(32)26-21)23(30-13-12-16-6-2-5-9-22(16)30)24-27-28-29-31(24)18-7-3-4-8-18/h2,5-6,9-11,14-15,18,23H,3-4,7-8,12-13H2,1H3,(H,26,32). The van der Waals surface area contributed by atoms with Crippen LogP contribution in [0.1, 0.15) is 54.7 Å². The number of hydrogen-bond acceptors (Lipinski definition) is 6. The smallest absolute Gasteiger partial charge is 0.254 e. The van der Waals surface area contributed by atoms with Crippen LogP contribution in [0.3, 0.4) is 0 Å². The highest BCUT2D eigenvalue weighted by atomic mass is 16.5. The van der Waals surface area contributed by atoms with E-state index in [1.54, 1.807) is 7.11 Å². The highest BCUT2D eigenvalue weighted by Crippen LogP contribution is 2.39. The first-order chi connectivity index (χ1) is 16.2. The van der Waals surface area contributed by atoms with E-state index in [2.05, 4.69) is 43.6 Å². The van der Waals surface area contributed by atoms with Crippen LogP contribution >= 0.6 is 0 Å². The zero-order valence-electron chi connectivity index (χ0n) is 18.6. The Labute approximate surface area is 191 Å². The second kappa shape index (κ2) is 8.03. The van der Waals surface area contributed by atoms with Crippen molar-refractivity contribution in [1.29, 1.82) is 0 Å². The van der Waals surface area contributed by atoms with Gasteiger partial charge in [-0.3, -0.25) is 4.79 Å². The molecule has 1 unspecified atom stereocenters. The van der Waals surface area contributed by atoms with Crippen LogP contribution in [0.4, 0.5) is 5.69 Å². The molecule has 0 bridgehead atoms. The number of benzene rings is 2. The Balaban J connectivity index is 1.55. The SMILES string of the molecule is COc1ccc2[nH]c(=O)c(C(c3nnnn3C3CCCC3)N3CCc4ccccc43)cc2c1. The molecule has 1 aliphatic carbocycles. The van der Waals surface area contributed by atoms with Gasteiger partial charge < -0.3 is 14.6 Å². The number of pyridine rings is 1. The zero-order valence-corrected chi connectivity index (χ0v) is 18.6. The van der Waals surface area contributed by atoms with E-state index in [4.69, 9.17) is 4.74 Å². The van der Waals surface area contributed by atoms with Crippen LogP contribution in [-0.4, -0.2) is 38.8 Å². The molecular formula is C25H26N6O2. The Morgan fingerprint density at radius 2 is 1.97 bits per heavy atom. The highest BCUT2D eigenvalue weighted by molar-refractivity contribution is 5.81. The number of aromatic amines is 1. The summed E-state index contributed by atoms with van der Waals surface area (Å²) in [7, 11) is 1.65. The molecule has 2 aromatic carbocycles. The third-order valence-electron chi connectivity index (χ3n) is 7.04. The molecule has 6 rings (SSSR count). The lowest BCUT2D eigenvalue weighted by Gasteiger charge is -2.30. The van der Waals surface area contributed by atoms with Crippen LogP contribution < -0.4 is 15.2 Å². The molecule has 2 aromatic heterocycles. The van der Waals surface area contributed by atoms with Gasteiger partial charge >= 0.3 is 0 Å². The summed E-state index contributed by atoms with van der Waals surface area (Å²) in [5.41, 5.74) is 3.71. The van der Waals surface area contributed by atoms with Gasteiger partial charge in [-0.05, 0) is 65.6 Å². The maximum absolute atomic E-state index is 13.4. The van der Waals surface area contributed by atoms with E-state index >= 15 is 0 Å². The molecule has 1 fully saturated rings. The van der Waals surface area contributed by atoms with Gasteiger partial charge in [-0.15, -0.1) is 5.10 Å². The van der Waals surface area contributed by atoms with E-state index in [9.17, 15) is 4.79 Å². The lowest BCUT2D eigenvalue weighted by Crippen LogP contribution is -2.34. The molecule has 1 atom stereocenters. The van der Waals surface area contributed by atoms with Gasteiger partial charge in [0.05, 0.1) is 13.2 Å². The summed E-state index contributed by atoms with van der Waals surface area (Å²) in [5.74, 6) is 1.48. The van der Waals surface area contributed by atoms with Crippen LogP contribution in [0.2, 0.25) is 0 Å². The number of aromatic nitrogens is 5. The molecule has 8 heteroatoms. The van der Waals surface area contributed by atoms with Gasteiger partial charge in [0, 0.05) is 28.7 Å². The van der Waals surface area contributed by atoms with Crippen molar-refractivity contribution in [3.8, 4) is 5.75 Å². The topological polar surface area (TPSA) is 88.9 Å². The zero-order chi connectivity index (χ0) is 22.4.